The zero-order valence-corrected chi connectivity index (χ0v) is 14.7. The van der Waals surface area contributed by atoms with Crippen LogP contribution in [0.1, 0.15) is 18.4 Å². The summed E-state index contributed by atoms with van der Waals surface area (Å²) in [5, 5.41) is 2.13. The van der Waals surface area contributed by atoms with Crippen LogP contribution in [-0.2, 0) is 25.6 Å². The number of aromatic nitrogens is 1. The number of hydrogen-bond donors (Lipinski definition) is 2. The molecule has 2 amide bonds. The number of aromatic amines is 1. The number of carbonyl (C=O) groups excluding carboxylic acids is 2. The molecule has 2 saturated heterocycles. The van der Waals surface area contributed by atoms with E-state index in [1.54, 1.807) is 0 Å². The minimum atomic E-state index is -4.70. The Kier molecular flexibility index (Phi) is 4.78. The van der Waals surface area contributed by atoms with Gasteiger partial charge in [-0.15, -0.1) is 0 Å². The summed E-state index contributed by atoms with van der Waals surface area (Å²) in [5.41, 5.74) is -2.60. The van der Waals surface area contributed by atoms with Gasteiger partial charge in [-0.05, 0) is 12.5 Å². The minimum absolute atomic E-state index is 0.0298. The highest BCUT2D eigenvalue weighted by Gasteiger charge is 2.42. The van der Waals surface area contributed by atoms with Crippen molar-refractivity contribution in [3.63, 3.8) is 0 Å². The van der Waals surface area contributed by atoms with E-state index in [9.17, 15) is 36.0 Å². The molecule has 2 fully saturated rings. The molecule has 3 rings (SSSR count). The molecule has 0 spiro atoms. The Hall–Kier alpha value is -2.37. The number of hydrogen-bond acceptors (Lipinski definition) is 5. The van der Waals surface area contributed by atoms with E-state index in [0.29, 0.717) is 12.3 Å². The van der Waals surface area contributed by atoms with Crippen LogP contribution in [0, 0.1) is 5.92 Å². The number of H-pyrrole nitrogens is 1. The van der Waals surface area contributed by atoms with E-state index in [2.05, 4.69) is 5.32 Å². The van der Waals surface area contributed by atoms with Crippen LogP contribution in [-0.4, -0.2) is 54.2 Å². The first-order chi connectivity index (χ1) is 12.5. The van der Waals surface area contributed by atoms with Crippen LogP contribution in [0.15, 0.2) is 17.1 Å². The molecule has 8 nitrogen and oxygen atoms in total. The van der Waals surface area contributed by atoms with Gasteiger partial charge in [0, 0.05) is 25.2 Å². The lowest BCUT2D eigenvalue weighted by Gasteiger charge is -2.22. The number of halogens is 3. The van der Waals surface area contributed by atoms with E-state index in [-0.39, 0.29) is 30.9 Å². The lowest BCUT2D eigenvalue weighted by Crippen LogP contribution is -2.38. The number of sulfone groups is 1. The van der Waals surface area contributed by atoms with E-state index < -0.39 is 56.6 Å². The largest absolute Gasteiger partial charge is 0.417 e. The van der Waals surface area contributed by atoms with Crippen LogP contribution in [0.5, 0.6) is 0 Å². The van der Waals surface area contributed by atoms with E-state index in [0.717, 1.165) is 0 Å². The number of pyridine rings is 1. The fourth-order valence-corrected chi connectivity index (χ4v) is 4.99. The Balaban J connectivity index is 1.71. The van der Waals surface area contributed by atoms with Crippen molar-refractivity contribution in [2.24, 2.45) is 5.92 Å². The van der Waals surface area contributed by atoms with Gasteiger partial charge in [0.15, 0.2) is 9.84 Å². The number of rotatable bonds is 3. The average Bonchev–Trinajstić information content (AvgIpc) is 3.10. The summed E-state index contributed by atoms with van der Waals surface area (Å²) in [6.45, 7) is -0.0400. The Labute approximate surface area is 151 Å². The lowest BCUT2D eigenvalue weighted by molar-refractivity contribution is -0.138. The van der Waals surface area contributed by atoms with Gasteiger partial charge in [-0.3, -0.25) is 14.4 Å². The number of likely N-dealkylation sites (tertiary alicyclic amines) is 1. The fourth-order valence-electron chi connectivity index (χ4n) is 3.26. The standard InChI is InChI=1S/C15H16F3N3O5S/c16-15(17,18)9-4-11(14(24)19-5-9)20-13(23)8-3-12(22)21(6-8)10-1-2-27(25,26)7-10/h4-5,8,10H,1-3,6-7H2,(H,19,24)(H,20,23). The highest BCUT2D eigenvalue weighted by Crippen LogP contribution is 2.30. The van der Waals surface area contributed by atoms with E-state index in [1.807, 2.05) is 4.98 Å². The second-order valence-corrected chi connectivity index (χ2v) is 8.85. The lowest BCUT2D eigenvalue weighted by atomic mass is 10.1. The molecule has 27 heavy (non-hydrogen) atoms. The predicted octanol–water partition coefficient (Wildman–Crippen LogP) is 0.368. The Morgan fingerprint density at radius 3 is 2.59 bits per heavy atom. The summed E-state index contributed by atoms with van der Waals surface area (Å²) in [5.74, 6) is -2.24. The van der Waals surface area contributed by atoms with Crippen molar-refractivity contribution in [1.29, 1.82) is 0 Å². The molecule has 3 heterocycles. The molecule has 2 aliphatic rings. The average molecular weight is 407 g/mol. The SMILES string of the molecule is O=C(Nc1cc(C(F)(F)F)c[nH]c1=O)C1CC(=O)N(C2CCS(=O)(=O)C2)C1. The molecule has 148 valence electrons. The van der Waals surface area contributed by atoms with Gasteiger partial charge in [0.1, 0.15) is 5.69 Å². The molecule has 0 aromatic carbocycles. The molecule has 0 saturated carbocycles. The second-order valence-electron chi connectivity index (χ2n) is 6.62. The molecular weight excluding hydrogens is 391 g/mol. The highest BCUT2D eigenvalue weighted by molar-refractivity contribution is 7.91. The smallest absolute Gasteiger partial charge is 0.338 e. The quantitative estimate of drug-likeness (QED) is 0.751. The number of anilines is 1. The normalized spacial score (nSPS) is 25.0. The molecule has 0 aliphatic carbocycles. The van der Waals surface area contributed by atoms with E-state index in [1.165, 1.54) is 4.90 Å². The van der Waals surface area contributed by atoms with Gasteiger partial charge >= 0.3 is 6.18 Å². The summed E-state index contributed by atoms with van der Waals surface area (Å²) in [6.07, 6.45) is -4.11. The van der Waals surface area contributed by atoms with Crippen molar-refractivity contribution in [2.45, 2.75) is 25.1 Å². The number of nitrogens with one attached hydrogen (secondary N) is 2. The number of nitrogens with zero attached hydrogens (tertiary/aromatic N) is 1. The Morgan fingerprint density at radius 1 is 1.30 bits per heavy atom. The molecule has 2 atom stereocenters. The summed E-state index contributed by atoms with van der Waals surface area (Å²) in [4.78, 5) is 39.4. The first kappa shape index (κ1) is 19.4. The van der Waals surface area contributed by atoms with Gasteiger partial charge < -0.3 is 15.2 Å². The number of carbonyl (C=O) groups is 2. The predicted molar refractivity (Wildman–Crippen MR) is 87.6 cm³/mol. The van der Waals surface area contributed by atoms with Gasteiger partial charge in [0.05, 0.1) is 23.0 Å². The maximum absolute atomic E-state index is 12.7. The van der Waals surface area contributed by atoms with Crippen molar-refractivity contribution < 1.29 is 31.2 Å². The van der Waals surface area contributed by atoms with Crippen LogP contribution in [0.25, 0.3) is 0 Å². The third-order valence-electron chi connectivity index (χ3n) is 4.67. The van der Waals surface area contributed by atoms with Crippen molar-refractivity contribution in [1.82, 2.24) is 9.88 Å². The second kappa shape index (κ2) is 6.66. The van der Waals surface area contributed by atoms with Gasteiger partial charge in [-0.2, -0.15) is 13.2 Å². The van der Waals surface area contributed by atoms with Crippen LogP contribution in [0.4, 0.5) is 18.9 Å². The molecular formula is C15H16F3N3O5S. The molecule has 1 aromatic rings. The first-order valence-corrected chi connectivity index (χ1v) is 9.89. The van der Waals surface area contributed by atoms with E-state index >= 15 is 0 Å². The topological polar surface area (TPSA) is 116 Å². The molecule has 2 unspecified atom stereocenters. The zero-order valence-electron chi connectivity index (χ0n) is 13.9. The third kappa shape index (κ3) is 4.15. The van der Waals surface area contributed by atoms with Gasteiger partial charge in [0.25, 0.3) is 5.56 Å². The molecule has 2 aliphatic heterocycles. The van der Waals surface area contributed by atoms with Crippen molar-refractivity contribution in [3.8, 4) is 0 Å². The molecule has 12 heteroatoms. The van der Waals surface area contributed by atoms with Crippen LogP contribution in [0.3, 0.4) is 0 Å². The number of alkyl halides is 3. The van der Waals surface area contributed by atoms with Crippen molar-refractivity contribution in [2.75, 3.05) is 23.4 Å². The van der Waals surface area contributed by atoms with Crippen molar-refractivity contribution >= 4 is 27.3 Å². The summed E-state index contributed by atoms with van der Waals surface area (Å²) in [7, 11) is -3.21. The summed E-state index contributed by atoms with van der Waals surface area (Å²) >= 11 is 0. The summed E-state index contributed by atoms with van der Waals surface area (Å²) < 4.78 is 61.4. The van der Waals surface area contributed by atoms with Gasteiger partial charge in [-0.25, -0.2) is 8.42 Å². The van der Waals surface area contributed by atoms with Crippen LogP contribution < -0.4 is 10.9 Å². The maximum atomic E-state index is 12.7. The third-order valence-corrected chi connectivity index (χ3v) is 6.42. The molecule has 0 radical (unpaired) electrons. The summed E-state index contributed by atoms with van der Waals surface area (Å²) in [6, 6.07) is 0.0201. The highest BCUT2D eigenvalue weighted by atomic mass is 32.2. The van der Waals surface area contributed by atoms with Crippen LogP contribution in [0.2, 0.25) is 0 Å². The fraction of sp³-hybridized carbons (Fsp3) is 0.533. The maximum Gasteiger partial charge on any atom is 0.417 e. The van der Waals surface area contributed by atoms with Crippen molar-refractivity contribution in [3.05, 3.63) is 28.2 Å². The Morgan fingerprint density at radius 2 is 2.00 bits per heavy atom. The zero-order chi connectivity index (χ0) is 20.0. The van der Waals surface area contributed by atoms with Gasteiger partial charge in [0.2, 0.25) is 11.8 Å². The molecule has 1 aromatic heterocycles. The molecule has 2 N–H and O–H groups in total. The molecule has 0 bridgehead atoms. The van der Waals surface area contributed by atoms with Crippen LogP contribution >= 0.6 is 0 Å². The Bertz CT molecular complexity index is 941. The monoisotopic (exact) mass is 407 g/mol. The van der Waals surface area contributed by atoms with E-state index in [4.69, 9.17) is 0 Å². The first-order valence-electron chi connectivity index (χ1n) is 8.07. The minimum Gasteiger partial charge on any atom is -0.338 e. The van der Waals surface area contributed by atoms with Gasteiger partial charge in [-0.1, -0.05) is 0 Å². The number of amides is 2.